The average molecular weight is 460 g/mol. The van der Waals surface area contributed by atoms with Gasteiger partial charge in [-0.25, -0.2) is 0 Å². The number of halogens is 1. The number of hydrogen-bond donors (Lipinski definition) is 2. The number of methoxy groups -OCH3 is 2. The average Bonchev–Trinajstić information content (AvgIpc) is 3.03. The number of likely N-dealkylation sites (tertiary alicyclic amines) is 1. The Hall–Kier alpha value is -3.19. The van der Waals surface area contributed by atoms with Gasteiger partial charge < -0.3 is 24.6 Å². The molecule has 1 aliphatic heterocycles. The van der Waals surface area contributed by atoms with Gasteiger partial charge in [-0.1, -0.05) is 37.4 Å². The van der Waals surface area contributed by atoms with E-state index in [1.807, 2.05) is 6.92 Å². The third kappa shape index (κ3) is 4.39. The first-order chi connectivity index (χ1) is 15.3. The van der Waals surface area contributed by atoms with Crippen molar-refractivity contribution in [2.24, 2.45) is 0 Å². The number of aliphatic hydroxyl groups excluding tert-OH is 1. The topological polar surface area (TPSA) is 96.3 Å². The van der Waals surface area contributed by atoms with Gasteiger partial charge in [-0.3, -0.25) is 9.59 Å². The van der Waals surface area contributed by atoms with Crippen molar-refractivity contribution in [1.82, 2.24) is 4.90 Å². The highest BCUT2D eigenvalue weighted by Crippen LogP contribution is 2.43. The number of rotatable bonds is 8. The predicted molar refractivity (Wildman–Crippen MR) is 121 cm³/mol. The number of ketones is 1. The molecule has 2 aromatic carbocycles. The van der Waals surface area contributed by atoms with Gasteiger partial charge >= 0.3 is 0 Å². The molecule has 170 valence electrons. The van der Waals surface area contributed by atoms with Crippen LogP contribution in [-0.2, 0) is 9.59 Å². The van der Waals surface area contributed by atoms with Gasteiger partial charge in [0.25, 0.3) is 11.7 Å². The van der Waals surface area contributed by atoms with E-state index >= 15 is 0 Å². The summed E-state index contributed by atoms with van der Waals surface area (Å²) in [5.74, 6) is -1.47. The van der Waals surface area contributed by atoms with Crippen LogP contribution in [0.4, 0.5) is 0 Å². The monoisotopic (exact) mass is 459 g/mol. The standard InChI is InChI=1S/C24H26ClNO6/c1-4-5-6-11-26-21(14-7-9-19(32-3)17(27)12-14)20(23(29)24(26)30)22(28)16-13-15(25)8-10-18(16)31-2/h7-10,12-13,21,27-28H,4-6,11H2,1-3H3/b22-20+. The summed E-state index contributed by atoms with van der Waals surface area (Å²) in [6.07, 6.45) is 2.52. The summed E-state index contributed by atoms with van der Waals surface area (Å²) in [5, 5.41) is 21.8. The van der Waals surface area contributed by atoms with Crippen molar-refractivity contribution < 1.29 is 29.3 Å². The number of amides is 1. The molecule has 1 fully saturated rings. The molecule has 7 nitrogen and oxygen atoms in total. The maximum absolute atomic E-state index is 13.1. The largest absolute Gasteiger partial charge is 0.507 e. The first kappa shape index (κ1) is 23.5. The molecular weight excluding hydrogens is 434 g/mol. The van der Waals surface area contributed by atoms with Crippen LogP contribution in [-0.4, -0.2) is 47.6 Å². The van der Waals surface area contributed by atoms with E-state index in [4.69, 9.17) is 21.1 Å². The van der Waals surface area contributed by atoms with Crippen LogP contribution in [0, 0.1) is 0 Å². The summed E-state index contributed by atoms with van der Waals surface area (Å²) in [5.41, 5.74) is 0.590. The first-order valence-electron chi connectivity index (χ1n) is 10.3. The fourth-order valence-corrected chi connectivity index (χ4v) is 4.05. The molecule has 0 aliphatic carbocycles. The molecule has 0 radical (unpaired) electrons. The second-order valence-corrected chi connectivity index (χ2v) is 7.91. The lowest BCUT2D eigenvalue weighted by atomic mass is 9.94. The molecule has 2 aromatic rings. The van der Waals surface area contributed by atoms with Crippen molar-refractivity contribution >= 4 is 29.1 Å². The highest BCUT2D eigenvalue weighted by Gasteiger charge is 2.46. The molecule has 8 heteroatoms. The van der Waals surface area contributed by atoms with E-state index in [0.29, 0.717) is 29.3 Å². The van der Waals surface area contributed by atoms with Gasteiger partial charge in [0.2, 0.25) is 0 Å². The molecular formula is C24H26ClNO6. The smallest absolute Gasteiger partial charge is 0.295 e. The van der Waals surface area contributed by atoms with E-state index in [2.05, 4.69) is 0 Å². The summed E-state index contributed by atoms with van der Waals surface area (Å²) in [7, 11) is 2.86. The number of carbonyl (C=O) groups excluding carboxylic acids is 2. The number of aromatic hydroxyl groups is 1. The Morgan fingerprint density at radius 1 is 1.06 bits per heavy atom. The number of phenolic OH excluding ortho intramolecular Hbond substituents is 1. The van der Waals surface area contributed by atoms with Crippen LogP contribution >= 0.6 is 11.6 Å². The molecule has 0 saturated carbocycles. The van der Waals surface area contributed by atoms with Crippen LogP contribution in [0.1, 0.15) is 43.4 Å². The van der Waals surface area contributed by atoms with E-state index < -0.39 is 17.7 Å². The molecule has 1 saturated heterocycles. The van der Waals surface area contributed by atoms with Crippen LogP contribution in [0.3, 0.4) is 0 Å². The van der Waals surface area contributed by atoms with Crippen molar-refractivity contribution in [3.8, 4) is 17.2 Å². The number of phenols is 1. The van der Waals surface area contributed by atoms with E-state index in [1.54, 1.807) is 24.3 Å². The van der Waals surface area contributed by atoms with Crippen molar-refractivity contribution in [2.75, 3.05) is 20.8 Å². The van der Waals surface area contributed by atoms with E-state index in [1.165, 1.54) is 31.3 Å². The molecule has 1 atom stereocenters. The highest BCUT2D eigenvalue weighted by molar-refractivity contribution is 6.46. The van der Waals surface area contributed by atoms with Crippen molar-refractivity contribution in [2.45, 2.75) is 32.2 Å². The normalized spacial score (nSPS) is 17.6. The number of aliphatic hydroxyl groups is 1. The minimum absolute atomic E-state index is 0.0865. The molecule has 0 bridgehead atoms. The van der Waals surface area contributed by atoms with Crippen molar-refractivity contribution in [1.29, 1.82) is 0 Å². The highest BCUT2D eigenvalue weighted by atomic mass is 35.5. The molecule has 1 amide bonds. The zero-order valence-electron chi connectivity index (χ0n) is 18.2. The van der Waals surface area contributed by atoms with Gasteiger partial charge in [-0.05, 0) is 42.3 Å². The summed E-state index contributed by atoms with van der Waals surface area (Å²) in [4.78, 5) is 27.4. The van der Waals surface area contributed by atoms with Crippen LogP contribution in [0.15, 0.2) is 42.0 Å². The Kier molecular flexibility index (Phi) is 7.30. The number of nitrogens with zero attached hydrogens (tertiary/aromatic N) is 1. The van der Waals surface area contributed by atoms with Gasteiger partial charge in [0.1, 0.15) is 11.5 Å². The lowest BCUT2D eigenvalue weighted by Gasteiger charge is -2.25. The molecule has 2 N–H and O–H groups in total. The quantitative estimate of drug-likeness (QED) is 0.257. The molecule has 1 unspecified atom stereocenters. The predicted octanol–water partition coefficient (Wildman–Crippen LogP) is 4.67. The molecule has 0 spiro atoms. The second kappa shape index (κ2) is 9.96. The van der Waals surface area contributed by atoms with Crippen LogP contribution in [0.2, 0.25) is 5.02 Å². The molecule has 3 rings (SSSR count). The Bertz CT molecular complexity index is 1060. The molecule has 1 heterocycles. The third-order valence-corrected chi connectivity index (χ3v) is 5.71. The number of hydrogen-bond acceptors (Lipinski definition) is 6. The van der Waals surface area contributed by atoms with Gasteiger partial charge in [0.15, 0.2) is 11.5 Å². The van der Waals surface area contributed by atoms with Crippen LogP contribution in [0.25, 0.3) is 5.76 Å². The van der Waals surface area contributed by atoms with Gasteiger partial charge in [0.05, 0.1) is 31.4 Å². The zero-order valence-corrected chi connectivity index (χ0v) is 19.0. The lowest BCUT2D eigenvalue weighted by molar-refractivity contribution is -0.139. The zero-order chi connectivity index (χ0) is 23.4. The van der Waals surface area contributed by atoms with Gasteiger partial charge in [-0.2, -0.15) is 0 Å². The van der Waals surface area contributed by atoms with Crippen molar-refractivity contribution in [3.63, 3.8) is 0 Å². The second-order valence-electron chi connectivity index (χ2n) is 7.48. The van der Waals surface area contributed by atoms with Crippen LogP contribution < -0.4 is 9.47 Å². The minimum Gasteiger partial charge on any atom is -0.507 e. The Morgan fingerprint density at radius 2 is 1.75 bits per heavy atom. The number of carbonyl (C=O) groups is 2. The maximum Gasteiger partial charge on any atom is 0.295 e. The van der Waals surface area contributed by atoms with Crippen molar-refractivity contribution in [3.05, 3.63) is 58.1 Å². The summed E-state index contributed by atoms with van der Waals surface area (Å²) in [6.45, 7) is 2.37. The Balaban J connectivity index is 2.21. The van der Waals surface area contributed by atoms with E-state index in [9.17, 15) is 19.8 Å². The number of unbranched alkanes of at least 4 members (excludes halogenated alkanes) is 2. The number of Topliss-reactive ketones (excluding diaryl/α,β-unsaturated/α-hetero) is 1. The Labute approximate surface area is 191 Å². The molecule has 1 aliphatic rings. The summed E-state index contributed by atoms with van der Waals surface area (Å²) < 4.78 is 10.4. The SMILES string of the molecule is CCCCCN1C(=O)C(=O)/C(=C(/O)c2cc(Cl)ccc2OC)C1c1ccc(OC)c(O)c1. The summed E-state index contributed by atoms with van der Waals surface area (Å²) in [6, 6.07) is 8.41. The third-order valence-electron chi connectivity index (χ3n) is 5.48. The van der Waals surface area contributed by atoms with E-state index in [0.717, 1.165) is 12.8 Å². The first-order valence-corrected chi connectivity index (χ1v) is 10.7. The number of ether oxygens (including phenoxy) is 2. The molecule has 0 aromatic heterocycles. The minimum atomic E-state index is -0.882. The number of benzene rings is 2. The van der Waals surface area contributed by atoms with Gasteiger partial charge in [-0.15, -0.1) is 0 Å². The lowest BCUT2D eigenvalue weighted by Crippen LogP contribution is -2.30. The fraction of sp³-hybridized carbons (Fsp3) is 0.333. The van der Waals surface area contributed by atoms with Crippen LogP contribution in [0.5, 0.6) is 17.2 Å². The van der Waals surface area contributed by atoms with E-state index in [-0.39, 0.29) is 28.4 Å². The maximum atomic E-state index is 13.1. The summed E-state index contributed by atoms with van der Waals surface area (Å²) >= 11 is 6.11. The van der Waals surface area contributed by atoms with Gasteiger partial charge in [0, 0.05) is 11.6 Å². The molecule has 32 heavy (non-hydrogen) atoms. The Morgan fingerprint density at radius 3 is 2.38 bits per heavy atom. The fourth-order valence-electron chi connectivity index (χ4n) is 3.88.